The number of rotatable bonds is 5. The molecule has 1 aromatic rings. The van der Waals surface area contributed by atoms with Crippen LogP contribution in [0.4, 0.5) is 0 Å². The second kappa shape index (κ2) is 6.12. The summed E-state index contributed by atoms with van der Waals surface area (Å²) < 4.78 is 5.07. The Balaban J connectivity index is 2.45. The maximum absolute atomic E-state index is 11.2. The van der Waals surface area contributed by atoms with Gasteiger partial charge in [0.2, 0.25) is 5.91 Å². The van der Waals surface area contributed by atoms with Gasteiger partial charge in [-0.1, -0.05) is 12.1 Å². The molecule has 88 valence electrons. The molecule has 0 saturated heterocycles. The summed E-state index contributed by atoms with van der Waals surface area (Å²) in [7, 11) is 3.40. The first kappa shape index (κ1) is 12.5. The van der Waals surface area contributed by atoms with Gasteiger partial charge in [-0.2, -0.15) is 0 Å². The zero-order chi connectivity index (χ0) is 12.0. The van der Waals surface area contributed by atoms with Crippen LogP contribution in [0, 0.1) is 0 Å². The Bertz CT molecular complexity index is 335. The topological polar surface area (TPSA) is 55.6 Å². The van der Waals surface area contributed by atoms with Crippen molar-refractivity contribution in [3.63, 3.8) is 0 Å². The fraction of sp³-hybridized carbons (Fsp3) is 0.417. The molecule has 0 aliphatic rings. The van der Waals surface area contributed by atoms with Crippen LogP contribution in [0.3, 0.4) is 0 Å². The molecule has 0 saturated carbocycles. The molecule has 0 aromatic heterocycles. The van der Waals surface area contributed by atoms with Crippen LogP contribution in [0.25, 0.3) is 0 Å². The van der Waals surface area contributed by atoms with Crippen molar-refractivity contribution in [1.29, 1.82) is 0 Å². The van der Waals surface area contributed by atoms with E-state index in [0.717, 1.165) is 12.2 Å². The smallest absolute Gasteiger partial charge is 0.236 e. The summed E-state index contributed by atoms with van der Waals surface area (Å²) >= 11 is 0. The number of nitrogens with two attached hydrogens (primary N) is 1. The largest absolute Gasteiger partial charge is 0.497 e. The van der Waals surface area contributed by atoms with E-state index < -0.39 is 0 Å². The molecule has 0 aliphatic carbocycles. The Morgan fingerprint density at radius 1 is 1.38 bits per heavy atom. The second-order valence-electron chi connectivity index (χ2n) is 3.62. The van der Waals surface area contributed by atoms with Gasteiger partial charge >= 0.3 is 0 Å². The Morgan fingerprint density at radius 2 is 2.00 bits per heavy atom. The van der Waals surface area contributed by atoms with E-state index in [1.807, 2.05) is 24.3 Å². The maximum atomic E-state index is 11.2. The van der Waals surface area contributed by atoms with E-state index in [4.69, 9.17) is 10.5 Å². The van der Waals surface area contributed by atoms with Crippen LogP contribution in [0.5, 0.6) is 5.75 Å². The van der Waals surface area contributed by atoms with E-state index in [1.54, 1.807) is 19.1 Å². The summed E-state index contributed by atoms with van der Waals surface area (Å²) in [6, 6.07) is 7.83. The third kappa shape index (κ3) is 3.55. The molecule has 1 aromatic carbocycles. The predicted molar refractivity (Wildman–Crippen MR) is 63.4 cm³/mol. The summed E-state index contributed by atoms with van der Waals surface area (Å²) in [5, 5.41) is 0. The molecule has 0 atom stereocenters. The van der Waals surface area contributed by atoms with Crippen LogP contribution in [0.15, 0.2) is 24.3 Å². The molecule has 4 nitrogen and oxygen atoms in total. The summed E-state index contributed by atoms with van der Waals surface area (Å²) in [5.41, 5.74) is 6.45. The number of methoxy groups -OCH3 is 1. The van der Waals surface area contributed by atoms with Gasteiger partial charge in [0, 0.05) is 13.6 Å². The number of hydrogen-bond donors (Lipinski definition) is 1. The normalized spacial score (nSPS) is 9.94. The van der Waals surface area contributed by atoms with Crippen molar-refractivity contribution in [3.05, 3.63) is 29.8 Å². The molecule has 0 radical (unpaired) electrons. The Kier molecular flexibility index (Phi) is 4.79. The van der Waals surface area contributed by atoms with Crippen LogP contribution in [-0.4, -0.2) is 38.1 Å². The fourth-order valence-electron chi connectivity index (χ4n) is 1.37. The summed E-state index contributed by atoms with van der Waals surface area (Å²) in [4.78, 5) is 12.9. The third-order valence-corrected chi connectivity index (χ3v) is 2.50. The highest BCUT2D eigenvalue weighted by Gasteiger charge is 2.05. The number of hydrogen-bond acceptors (Lipinski definition) is 3. The minimum absolute atomic E-state index is 0.0338. The van der Waals surface area contributed by atoms with Gasteiger partial charge in [0.25, 0.3) is 0 Å². The highest BCUT2D eigenvalue weighted by atomic mass is 16.5. The van der Waals surface area contributed by atoms with Crippen molar-refractivity contribution in [3.8, 4) is 5.75 Å². The van der Waals surface area contributed by atoms with Gasteiger partial charge in [-0.05, 0) is 24.1 Å². The Hall–Kier alpha value is -1.55. The molecule has 0 spiro atoms. The lowest BCUT2D eigenvalue weighted by Crippen LogP contribution is -2.34. The van der Waals surface area contributed by atoms with Gasteiger partial charge in [-0.3, -0.25) is 4.79 Å². The van der Waals surface area contributed by atoms with Gasteiger partial charge in [0.05, 0.1) is 13.7 Å². The number of ether oxygens (including phenoxy) is 1. The highest BCUT2D eigenvalue weighted by molar-refractivity contribution is 5.77. The summed E-state index contributed by atoms with van der Waals surface area (Å²) in [6.45, 7) is 0.751. The molecule has 0 unspecified atom stereocenters. The minimum atomic E-state index is -0.0338. The van der Waals surface area contributed by atoms with Gasteiger partial charge in [-0.15, -0.1) is 0 Å². The number of likely N-dealkylation sites (N-methyl/N-ethyl adjacent to an activating group) is 1. The maximum Gasteiger partial charge on any atom is 0.236 e. The van der Waals surface area contributed by atoms with Crippen molar-refractivity contribution in [1.82, 2.24) is 4.90 Å². The summed E-state index contributed by atoms with van der Waals surface area (Å²) in [5.74, 6) is 0.809. The average Bonchev–Trinajstić information content (AvgIpc) is 2.35. The monoisotopic (exact) mass is 222 g/mol. The first-order valence-electron chi connectivity index (χ1n) is 5.24. The molecule has 16 heavy (non-hydrogen) atoms. The molecule has 0 bridgehead atoms. The number of carbonyl (C=O) groups excluding carboxylic acids is 1. The molecular weight excluding hydrogens is 204 g/mol. The number of nitrogens with zero attached hydrogens (tertiary/aromatic N) is 1. The van der Waals surface area contributed by atoms with E-state index in [1.165, 1.54) is 5.56 Å². The lowest BCUT2D eigenvalue weighted by molar-refractivity contribution is -0.128. The van der Waals surface area contributed by atoms with E-state index in [0.29, 0.717) is 6.54 Å². The second-order valence-corrected chi connectivity index (χ2v) is 3.62. The van der Waals surface area contributed by atoms with Gasteiger partial charge in [0.15, 0.2) is 0 Å². The molecule has 0 fully saturated rings. The average molecular weight is 222 g/mol. The van der Waals surface area contributed by atoms with E-state index in [-0.39, 0.29) is 12.5 Å². The zero-order valence-electron chi connectivity index (χ0n) is 9.77. The molecule has 2 N–H and O–H groups in total. The zero-order valence-corrected chi connectivity index (χ0v) is 9.77. The molecule has 1 rings (SSSR count). The minimum Gasteiger partial charge on any atom is -0.497 e. The van der Waals surface area contributed by atoms with Gasteiger partial charge in [0.1, 0.15) is 5.75 Å². The lowest BCUT2D eigenvalue weighted by atomic mass is 10.1. The first-order valence-corrected chi connectivity index (χ1v) is 5.24. The predicted octanol–water partition coefficient (Wildman–Crippen LogP) is 0.655. The van der Waals surface area contributed by atoms with E-state index in [9.17, 15) is 4.79 Å². The number of amides is 1. The molecule has 4 heteroatoms. The Labute approximate surface area is 96.0 Å². The lowest BCUT2D eigenvalue weighted by Gasteiger charge is -2.15. The van der Waals surface area contributed by atoms with Crippen LogP contribution >= 0.6 is 0 Å². The van der Waals surface area contributed by atoms with Crippen LogP contribution in [-0.2, 0) is 11.2 Å². The summed E-state index contributed by atoms with van der Waals surface area (Å²) in [6.07, 6.45) is 0.826. The van der Waals surface area contributed by atoms with Crippen molar-refractivity contribution < 1.29 is 9.53 Å². The standard InChI is InChI=1S/C12H18N2O2/c1-14(12(15)9-13)8-7-10-3-5-11(16-2)6-4-10/h3-6H,7-9,13H2,1-2H3. The van der Waals surface area contributed by atoms with Crippen molar-refractivity contribution >= 4 is 5.91 Å². The SMILES string of the molecule is COc1ccc(CCN(C)C(=O)CN)cc1. The van der Waals surface area contributed by atoms with E-state index in [2.05, 4.69) is 0 Å². The van der Waals surface area contributed by atoms with Crippen LogP contribution in [0.2, 0.25) is 0 Å². The first-order chi connectivity index (χ1) is 7.67. The van der Waals surface area contributed by atoms with Crippen LogP contribution in [0.1, 0.15) is 5.56 Å². The highest BCUT2D eigenvalue weighted by Crippen LogP contribution is 2.11. The fourth-order valence-corrected chi connectivity index (χ4v) is 1.37. The third-order valence-electron chi connectivity index (χ3n) is 2.50. The number of carbonyl (C=O) groups is 1. The van der Waals surface area contributed by atoms with Gasteiger partial charge < -0.3 is 15.4 Å². The molecule has 0 heterocycles. The van der Waals surface area contributed by atoms with Crippen LogP contribution < -0.4 is 10.5 Å². The molecular formula is C12H18N2O2. The number of benzene rings is 1. The van der Waals surface area contributed by atoms with Crippen molar-refractivity contribution in [2.45, 2.75) is 6.42 Å². The Morgan fingerprint density at radius 3 is 2.50 bits per heavy atom. The molecule has 1 amide bonds. The molecule has 0 aliphatic heterocycles. The van der Waals surface area contributed by atoms with Crippen molar-refractivity contribution in [2.75, 3.05) is 27.2 Å². The van der Waals surface area contributed by atoms with Crippen molar-refractivity contribution in [2.24, 2.45) is 5.73 Å². The van der Waals surface area contributed by atoms with E-state index >= 15 is 0 Å². The quantitative estimate of drug-likeness (QED) is 0.796. The van der Waals surface area contributed by atoms with Gasteiger partial charge in [-0.25, -0.2) is 0 Å².